The van der Waals surface area contributed by atoms with Crippen LogP contribution >= 0.6 is 0 Å². The molecule has 6 heteroatoms. The van der Waals surface area contributed by atoms with Crippen LogP contribution in [-0.2, 0) is 4.79 Å². The lowest BCUT2D eigenvalue weighted by Gasteiger charge is -2.37. The highest BCUT2D eigenvalue weighted by Gasteiger charge is 2.30. The number of amides is 2. The van der Waals surface area contributed by atoms with Gasteiger partial charge in [-0.2, -0.15) is 0 Å². The summed E-state index contributed by atoms with van der Waals surface area (Å²) >= 11 is 0. The van der Waals surface area contributed by atoms with Gasteiger partial charge in [0.15, 0.2) is 0 Å². The van der Waals surface area contributed by atoms with Crippen molar-refractivity contribution in [2.75, 3.05) is 58.9 Å². The van der Waals surface area contributed by atoms with Crippen LogP contribution in [0.4, 0.5) is 0 Å². The summed E-state index contributed by atoms with van der Waals surface area (Å²) in [5, 5.41) is 0. The summed E-state index contributed by atoms with van der Waals surface area (Å²) in [6.07, 6.45) is 0.902. The lowest BCUT2D eigenvalue weighted by atomic mass is 10.1. The maximum atomic E-state index is 13.0. The highest BCUT2D eigenvalue weighted by atomic mass is 16.2. The standard InChI is InChI=1S/C22H34N4O2/c1-4-23-11-13-26(14-12-23)21(27)19(3)24-9-6-10-25(16-15-24)22(28)20-8-5-7-18(2)17-20/h5,7-8,17,19H,4,6,9-16H2,1-3H3. The molecule has 0 radical (unpaired) electrons. The third-order valence-corrected chi connectivity index (χ3v) is 6.12. The molecule has 2 fully saturated rings. The molecule has 154 valence electrons. The molecule has 0 aromatic heterocycles. The first-order valence-electron chi connectivity index (χ1n) is 10.6. The lowest BCUT2D eigenvalue weighted by molar-refractivity contribution is -0.138. The zero-order valence-corrected chi connectivity index (χ0v) is 17.6. The Balaban J connectivity index is 1.55. The minimum Gasteiger partial charge on any atom is -0.339 e. The van der Waals surface area contributed by atoms with Gasteiger partial charge < -0.3 is 14.7 Å². The fourth-order valence-corrected chi connectivity index (χ4v) is 4.19. The van der Waals surface area contributed by atoms with Gasteiger partial charge in [-0.25, -0.2) is 0 Å². The normalized spacial score (nSPS) is 20.7. The van der Waals surface area contributed by atoms with Gasteiger partial charge in [0.1, 0.15) is 0 Å². The smallest absolute Gasteiger partial charge is 0.253 e. The molecule has 2 aliphatic rings. The number of hydrogen-bond donors (Lipinski definition) is 0. The van der Waals surface area contributed by atoms with Crippen molar-refractivity contribution in [3.63, 3.8) is 0 Å². The van der Waals surface area contributed by atoms with Gasteiger partial charge in [-0.1, -0.05) is 24.6 Å². The van der Waals surface area contributed by atoms with Crippen LogP contribution in [0, 0.1) is 6.92 Å². The summed E-state index contributed by atoms with van der Waals surface area (Å²) in [6, 6.07) is 7.66. The Labute approximate surface area is 169 Å². The van der Waals surface area contributed by atoms with Crippen molar-refractivity contribution in [2.24, 2.45) is 0 Å². The number of carbonyl (C=O) groups excluding carboxylic acids is 2. The van der Waals surface area contributed by atoms with Crippen LogP contribution in [0.3, 0.4) is 0 Å². The van der Waals surface area contributed by atoms with Crippen molar-refractivity contribution in [1.82, 2.24) is 19.6 Å². The first-order chi connectivity index (χ1) is 13.5. The van der Waals surface area contributed by atoms with Crippen molar-refractivity contribution < 1.29 is 9.59 Å². The fraction of sp³-hybridized carbons (Fsp3) is 0.636. The van der Waals surface area contributed by atoms with Crippen molar-refractivity contribution in [3.8, 4) is 0 Å². The molecule has 0 aliphatic carbocycles. The molecule has 2 aliphatic heterocycles. The minimum atomic E-state index is -0.123. The number of rotatable bonds is 4. The van der Waals surface area contributed by atoms with E-state index in [1.54, 1.807) is 0 Å². The summed E-state index contributed by atoms with van der Waals surface area (Å²) in [5.41, 5.74) is 1.86. The molecule has 2 heterocycles. The van der Waals surface area contributed by atoms with Gasteiger partial charge in [0, 0.05) is 57.9 Å². The summed E-state index contributed by atoms with van der Waals surface area (Å²) in [4.78, 5) is 34.4. The molecule has 1 unspecified atom stereocenters. The third kappa shape index (κ3) is 4.92. The molecule has 2 amide bonds. The Hall–Kier alpha value is -1.92. The second-order valence-electron chi connectivity index (χ2n) is 7.99. The van der Waals surface area contributed by atoms with Crippen LogP contribution in [0.25, 0.3) is 0 Å². The molecule has 0 spiro atoms. The van der Waals surface area contributed by atoms with Crippen LogP contribution in [0.15, 0.2) is 24.3 Å². The highest BCUT2D eigenvalue weighted by molar-refractivity contribution is 5.94. The van der Waals surface area contributed by atoms with E-state index in [-0.39, 0.29) is 17.9 Å². The second kappa shape index (κ2) is 9.52. The fourth-order valence-electron chi connectivity index (χ4n) is 4.19. The molecule has 1 aromatic rings. The van der Waals surface area contributed by atoms with E-state index < -0.39 is 0 Å². The quantitative estimate of drug-likeness (QED) is 0.790. The average molecular weight is 387 g/mol. The van der Waals surface area contributed by atoms with Crippen LogP contribution in [-0.4, -0.2) is 96.4 Å². The van der Waals surface area contributed by atoms with Crippen molar-refractivity contribution in [3.05, 3.63) is 35.4 Å². The predicted molar refractivity (Wildman–Crippen MR) is 111 cm³/mol. The zero-order valence-electron chi connectivity index (χ0n) is 17.6. The van der Waals surface area contributed by atoms with Gasteiger partial charge in [0.25, 0.3) is 5.91 Å². The molecular formula is C22H34N4O2. The van der Waals surface area contributed by atoms with E-state index in [1.165, 1.54) is 0 Å². The molecule has 0 N–H and O–H groups in total. The van der Waals surface area contributed by atoms with Gasteiger partial charge in [-0.15, -0.1) is 0 Å². The van der Waals surface area contributed by atoms with E-state index in [0.29, 0.717) is 6.54 Å². The summed E-state index contributed by atoms with van der Waals surface area (Å²) in [7, 11) is 0. The molecular weight excluding hydrogens is 352 g/mol. The van der Waals surface area contributed by atoms with Gasteiger partial charge in [0.2, 0.25) is 5.91 Å². The molecule has 2 saturated heterocycles. The highest BCUT2D eigenvalue weighted by Crippen LogP contribution is 2.14. The molecule has 28 heavy (non-hydrogen) atoms. The second-order valence-corrected chi connectivity index (χ2v) is 7.99. The summed E-state index contributed by atoms with van der Waals surface area (Å²) < 4.78 is 0. The summed E-state index contributed by atoms with van der Waals surface area (Å²) in [6.45, 7) is 13.9. The van der Waals surface area contributed by atoms with E-state index in [1.807, 2.05) is 47.9 Å². The number of carbonyl (C=O) groups is 2. The van der Waals surface area contributed by atoms with E-state index >= 15 is 0 Å². The number of hydrogen-bond acceptors (Lipinski definition) is 4. The largest absolute Gasteiger partial charge is 0.339 e. The minimum absolute atomic E-state index is 0.0974. The van der Waals surface area contributed by atoms with Crippen LogP contribution < -0.4 is 0 Å². The van der Waals surface area contributed by atoms with Crippen molar-refractivity contribution in [1.29, 1.82) is 0 Å². The van der Waals surface area contributed by atoms with E-state index in [4.69, 9.17) is 0 Å². The average Bonchev–Trinajstić information content (AvgIpc) is 2.98. The Morgan fingerprint density at radius 3 is 2.36 bits per heavy atom. The molecule has 3 rings (SSSR count). The first-order valence-corrected chi connectivity index (χ1v) is 10.6. The van der Waals surface area contributed by atoms with Crippen molar-refractivity contribution >= 4 is 11.8 Å². The van der Waals surface area contributed by atoms with Gasteiger partial charge in [-0.3, -0.25) is 14.5 Å². The Bertz CT molecular complexity index is 685. The third-order valence-electron chi connectivity index (χ3n) is 6.12. The van der Waals surface area contributed by atoms with E-state index in [9.17, 15) is 9.59 Å². The number of benzene rings is 1. The zero-order chi connectivity index (χ0) is 20.1. The number of nitrogens with zero attached hydrogens (tertiary/aromatic N) is 4. The topological polar surface area (TPSA) is 47.1 Å². The van der Waals surface area contributed by atoms with Crippen LogP contribution in [0.1, 0.15) is 36.2 Å². The number of likely N-dealkylation sites (N-methyl/N-ethyl adjacent to an activating group) is 1. The maximum Gasteiger partial charge on any atom is 0.253 e. The van der Waals surface area contributed by atoms with Gasteiger partial charge in [-0.05, 0) is 38.9 Å². The van der Waals surface area contributed by atoms with Crippen LogP contribution in [0.2, 0.25) is 0 Å². The molecule has 6 nitrogen and oxygen atoms in total. The Morgan fingerprint density at radius 2 is 1.68 bits per heavy atom. The first kappa shape index (κ1) is 20.8. The Morgan fingerprint density at radius 1 is 0.964 bits per heavy atom. The van der Waals surface area contributed by atoms with Crippen LogP contribution in [0.5, 0.6) is 0 Å². The molecule has 1 atom stereocenters. The van der Waals surface area contributed by atoms with Crippen molar-refractivity contribution in [2.45, 2.75) is 33.2 Å². The maximum absolute atomic E-state index is 13.0. The number of piperazine rings is 1. The van der Waals surface area contributed by atoms with Gasteiger partial charge >= 0.3 is 0 Å². The lowest BCUT2D eigenvalue weighted by Crippen LogP contribution is -2.54. The number of aryl methyl sites for hydroxylation is 1. The monoisotopic (exact) mass is 386 g/mol. The van der Waals surface area contributed by atoms with Gasteiger partial charge in [0.05, 0.1) is 6.04 Å². The Kier molecular flexibility index (Phi) is 7.08. The molecule has 1 aromatic carbocycles. The summed E-state index contributed by atoms with van der Waals surface area (Å²) in [5.74, 6) is 0.328. The predicted octanol–water partition coefficient (Wildman–Crippen LogP) is 1.70. The molecule has 0 saturated carbocycles. The van der Waals surface area contributed by atoms with E-state index in [2.05, 4.69) is 16.7 Å². The van der Waals surface area contributed by atoms with E-state index in [0.717, 1.165) is 69.9 Å². The molecule has 0 bridgehead atoms. The SMILES string of the molecule is CCN1CCN(C(=O)C(C)N2CCCN(C(=O)c3cccc(C)c3)CC2)CC1.